The maximum absolute atomic E-state index is 10.7. The topological polar surface area (TPSA) is 53.4 Å². The molecule has 0 aliphatic rings. The Balaban J connectivity index is 2.27. The standard InChI is InChI=1S/C12H12N2O2S/c1-8-3-5-9(6-4-8)14(2)12-13-10(7-17-12)11(15)16/h3-7H,1-2H3,(H,15,16). The van der Waals surface area contributed by atoms with Crippen molar-refractivity contribution in [2.75, 3.05) is 11.9 Å². The van der Waals surface area contributed by atoms with E-state index in [4.69, 9.17) is 5.11 Å². The Morgan fingerprint density at radius 2 is 2.00 bits per heavy atom. The van der Waals surface area contributed by atoms with Gasteiger partial charge in [-0.2, -0.15) is 0 Å². The molecule has 0 aliphatic heterocycles. The van der Waals surface area contributed by atoms with Gasteiger partial charge in [0.1, 0.15) is 0 Å². The number of thiazole rings is 1. The first-order valence-electron chi connectivity index (χ1n) is 5.07. The van der Waals surface area contributed by atoms with Gasteiger partial charge in [-0.1, -0.05) is 17.7 Å². The van der Waals surface area contributed by atoms with Gasteiger partial charge in [0.15, 0.2) is 10.8 Å². The number of aromatic carboxylic acids is 1. The zero-order valence-corrected chi connectivity index (χ0v) is 10.4. The van der Waals surface area contributed by atoms with E-state index in [1.54, 1.807) is 5.38 Å². The summed E-state index contributed by atoms with van der Waals surface area (Å²) < 4.78 is 0. The zero-order valence-electron chi connectivity index (χ0n) is 9.54. The van der Waals surface area contributed by atoms with Gasteiger partial charge in [-0.15, -0.1) is 11.3 Å². The van der Waals surface area contributed by atoms with Gasteiger partial charge >= 0.3 is 5.97 Å². The number of anilines is 2. The normalized spacial score (nSPS) is 10.2. The maximum atomic E-state index is 10.7. The van der Waals surface area contributed by atoms with Gasteiger partial charge in [0.25, 0.3) is 0 Å². The second-order valence-electron chi connectivity index (χ2n) is 3.72. The van der Waals surface area contributed by atoms with Gasteiger partial charge in [0.05, 0.1) is 0 Å². The third-order valence-corrected chi connectivity index (χ3v) is 3.34. The van der Waals surface area contributed by atoms with Crippen molar-refractivity contribution < 1.29 is 9.90 Å². The number of carboxylic acid groups (broad SMARTS) is 1. The Kier molecular flexibility index (Phi) is 3.10. The van der Waals surface area contributed by atoms with E-state index in [2.05, 4.69) is 4.98 Å². The Labute approximate surface area is 103 Å². The summed E-state index contributed by atoms with van der Waals surface area (Å²) in [5.74, 6) is -0.996. The Hall–Kier alpha value is -1.88. The van der Waals surface area contributed by atoms with Gasteiger partial charge in [-0.3, -0.25) is 0 Å². The van der Waals surface area contributed by atoms with Gasteiger partial charge in [-0.05, 0) is 19.1 Å². The van der Waals surface area contributed by atoms with Crippen molar-refractivity contribution in [3.05, 3.63) is 40.9 Å². The van der Waals surface area contributed by atoms with Crippen LogP contribution in [0.15, 0.2) is 29.6 Å². The molecule has 0 saturated heterocycles. The molecule has 0 saturated carbocycles. The van der Waals surface area contributed by atoms with Crippen LogP contribution >= 0.6 is 11.3 Å². The molecule has 2 rings (SSSR count). The zero-order chi connectivity index (χ0) is 12.4. The van der Waals surface area contributed by atoms with E-state index < -0.39 is 5.97 Å². The molecule has 88 valence electrons. The van der Waals surface area contributed by atoms with Crippen LogP contribution in [0.25, 0.3) is 0 Å². The second kappa shape index (κ2) is 4.55. The molecule has 0 spiro atoms. The van der Waals surface area contributed by atoms with E-state index in [-0.39, 0.29) is 5.69 Å². The van der Waals surface area contributed by atoms with E-state index in [1.807, 2.05) is 43.1 Å². The molecule has 0 bridgehead atoms. The van der Waals surface area contributed by atoms with Crippen LogP contribution in [0.4, 0.5) is 10.8 Å². The van der Waals surface area contributed by atoms with Crippen LogP contribution in [-0.2, 0) is 0 Å². The number of nitrogens with zero attached hydrogens (tertiary/aromatic N) is 2. The fourth-order valence-electron chi connectivity index (χ4n) is 1.40. The highest BCUT2D eigenvalue weighted by molar-refractivity contribution is 7.14. The molecule has 1 aromatic carbocycles. The third-order valence-electron chi connectivity index (χ3n) is 2.42. The van der Waals surface area contributed by atoms with Crippen molar-refractivity contribution >= 4 is 28.1 Å². The van der Waals surface area contributed by atoms with Crippen molar-refractivity contribution in [1.29, 1.82) is 0 Å². The Bertz CT molecular complexity index is 534. The van der Waals surface area contributed by atoms with E-state index in [0.29, 0.717) is 5.13 Å². The lowest BCUT2D eigenvalue weighted by molar-refractivity contribution is 0.0691. The molecule has 0 aliphatic carbocycles. The van der Waals surface area contributed by atoms with Crippen molar-refractivity contribution in [2.45, 2.75) is 6.92 Å². The molecule has 0 fully saturated rings. The summed E-state index contributed by atoms with van der Waals surface area (Å²) in [4.78, 5) is 16.7. The predicted octanol–water partition coefficient (Wildman–Crippen LogP) is 2.92. The monoisotopic (exact) mass is 248 g/mol. The molecule has 1 aromatic heterocycles. The Morgan fingerprint density at radius 3 is 2.53 bits per heavy atom. The lowest BCUT2D eigenvalue weighted by Gasteiger charge is -2.15. The summed E-state index contributed by atoms with van der Waals surface area (Å²) in [7, 11) is 1.87. The molecule has 17 heavy (non-hydrogen) atoms. The van der Waals surface area contributed by atoms with Crippen molar-refractivity contribution in [2.24, 2.45) is 0 Å². The minimum absolute atomic E-state index is 0.0870. The highest BCUT2D eigenvalue weighted by Crippen LogP contribution is 2.26. The fourth-order valence-corrected chi connectivity index (χ4v) is 2.18. The predicted molar refractivity (Wildman–Crippen MR) is 68.3 cm³/mol. The van der Waals surface area contributed by atoms with Crippen LogP contribution in [0, 0.1) is 6.92 Å². The van der Waals surface area contributed by atoms with Crippen LogP contribution < -0.4 is 4.90 Å². The lowest BCUT2D eigenvalue weighted by atomic mass is 10.2. The third kappa shape index (κ3) is 2.45. The number of hydrogen-bond acceptors (Lipinski definition) is 4. The number of aromatic nitrogens is 1. The number of aryl methyl sites for hydroxylation is 1. The van der Waals surface area contributed by atoms with E-state index in [0.717, 1.165) is 5.69 Å². The van der Waals surface area contributed by atoms with Gasteiger partial charge in [0.2, 0.25) is 0 Å². The molecule has 0 radical (unpaired) electrons. The maximum Gasteiger partial charge on any atom is 0.355 e. The minimum atomic E-state index is -0.996. The highest BCUT2D eigenvalue weighted by atomic mass is 32.1. The summed E-state index contributed by atoms with van der Waals surface area (Å²) >= 11 is 1.32. The van der Waals surface area contributed by atoms with E-state index in [1.165, 1.54) is 16.9 Å². The van der Waals surface area contributed by atoms with Crippen LogP contribution in [0.2, 0.25) is 0 Å². The molecule has 5 heteroatoms. The van der Waals surface area contributed by atoms with Crippen molar-refractivity contribution in [3.63, 3.8) is 0 Å². The first-order valence-corrected chi connectivity index (χ1v) is 5.95. The second-order valence-corrected chi connectivity index (χ2v) is 4.55. The average Bonchev–Trinajstić information content (AvgIpc) is 2.78. The molecule has 4 nitrogen and oxygen atoms in total. The summed E-state index contributed by atoms with van der Waals surface area (Å²) in [6.45, 7) is 2.02. The molecule has 1 N–H and O–H groups in total. The van der Waals surface area contributed by atoms with Crippen LogP contribution in [0.5, 0.6) is 0 Å². The van der Waals surface area contributed by atoms with Crippen LogP contribution in [0.3, 0.4) is 0 Å². The SMILES string of the molecule is Cc1ccc(N(C)c2nc(C(=O)O)cs2)cc1. The lowest BCUT2D eigenvalue weighted by Crippen LogP contribution is -2.09. The molecule has 1 heterocycles. The number of rotatable bonds is 3. The molecule has 0 amide bonds. The molecular formula is C12H12N2O2S. The van der Waals surface area contributed by atoms with Crippen molar-refractivity contribution in [1.82, 2.24) is 4.98 Å². The smallest absolute Gasteiger partial charge is 0.355 e. The van der Waals surface area contributed by atoms with E-state index in [9.17, 15) is 4.79 Å². The van der Waals surface area contributed by atoms with Crippen LogP contribution in [0.1, 0.15) is 16.1 Å². The first-order chi connectivity index (χ1) is 8.08. The average molecular weight is 248 g/mol. The number of carbonyl (C=O) groups is 1. The fraction of sp³-hybridized carbons (Fsp3) is 0.167. The Morgan fingerprint density at radius 1 is 1.35 bits per heavy atom. The molecule has 0 unspecified atom stereocenters. The van der Waals surface area contributed by atoms with Gasteiger partial charge in [0, 0.05) is 18.1 Å². The molecule has 2 aromatic rings. The summed E-state index contributed by atoms with van der Waals surface area (Å²) in [6, 6.07) is 7.99. The largest absolute Gasteiger partial charge is 0.476 e. The molecular weight excluding hydrogens is 236 g/mol. The number of carboxylic acids is 1. The highest BCUT2D eigenvalue weighted by Gasteiger charge is 2.12. The number of hydrogen-bond donors (Lipinski definition) is 1. The summed E-state index contributed by atoms with van der Waals surface area (Å²) in [5, 5.41) is 11.0. The van der Waals surface area contributed by atoms with Gasteiger partial charge < -0.3 is 10.0 Å². The first kappa shape index (κ1) is 11.6. The molecule has 0 atom stereocenters. The van der Waals surface area contributed by atoms with Crippen LogP contribution in [-0.4, -0.2) is 23.1 Å². The van der Waals surface area contributed by atoms with E-state index >= 15 is 0 Å². The summed E-state index contributed by atoms with van der Waals surface area (Å²) in [5.41, 5.74) is 2.26. The number of benzene rings is 1. The quantitative estimate of drug-likeness (QED) is 0.907. The van der Waals surface area contributed by atoms with Crippen molar-refractivity contribution in [3.8, 4) is 0 Å². The van der Waals surface area contributed by atoms with Gasteiger partial charge in [-0.25, -0.2) is 9.78 Å². The summed E-state index contributed by atoms with van der Waals surface area (Å²) in [6.07, 6.45) is 0. The minimum Gasteiger partial charge on any atom is -0.476 e.